The summed E-state index contributed by atoms with van der Waals surface area (Å²) in [5, 5.41) is -0.166. The first-order valence-electron chi connectivity index (χ1n) is 3.42. The van der Waals surface area contributed by atoms with Crippen LogP contribution in [0.3, 0.4) is 0 Å². The number of anilines is 1. The molecule has 0 unspecified atom stereocenters. The fraction of sp³-hybridized carbons (Fsp3) is 0.143. The van der Waals surface area contributed by atoms with Crippen LogP contribution in [0.25, 0.3) is 0 Å². The van der Waals surface area contributed by atoms with Crippen molar-refractivity contribution in [3.63, 3.8) is 0 Å². The Hall–Kier alpha value is -0.520. The third-order valence-electron chi connectivity index (χ3n) is 1.29. The van der Waals surface area contributed by atoms with Gasteiger partial charge in [0.15, 0.2) is 0 Å². The van der Waals surface area contributed by atoms with Crippen LogP contribution in [0.1, 0.15) is 0 Å². The first kappa shape index (κ1) is 11.6. The van der Waals surface area contributed by atoms with Crippen molar-refractivity contribution in [2.75, 3.05) is 11.0 Å². The smallest absolute Gasteiger partial charge is 0.229 e. The Morgan fingerprint density at radius 2 is 1.71 bits per heavy atom. The van der Waals surface area contributed by atoms with E-state index in [1.165, 1.54) is 0 Å². The van der Waals surface area contributed by atoms with Gasteiger partial charge in [0.05, 0.1) is 22.0 Å². The van der Waals surface area contributed by atoms with Gasteiger partial charge in [0, 0.05) is 0 Å². The Kier molecular flexibility index (Phi) is 3.24. The molecule has 0 aliphatic heterocycles. The molecule has 1 N–H and O–H groups in total. The number of hydrogen-bond donors (Lipinski definition) is 1. The number of hydrogen-bond acceptors (Lipinski definition) is 2. The lowest BCUT2D eigenvalue weighted by Gasteiger charge is -2.08. The average Bonchev–Trinajstić information content (AvgIpc) is 1.95. The van der Waals surface area contributed by atoms with E-state index in [1.54, 1.807) is 0 Å². The standard InChI is InChI=1S/C7H6Cl2FNO2S/c1-14(12,13)11-7-5(8)2-4(10)3-6(7)9/h2-3,11H,1H3. The van der Waals surface area contributed by atoms with E-state index in [2.05, 4.69) is 4.72 Å². The van der Waals surface area contributed by atoms with Gasteiger partial charge >= 0.3 is 0 Å². The number of nitrogens with one attached hydrogen (secondary N) is 1. The van der Waals surface area contributed by atoms with Crippen molar-refractivity contribution in [3.8, 4) is 0 Å². The number of rotatable bonds is 2. The van der Waals surface area contributed by atoms with Crippen LogP contribution in [0.4, 0.5) is 10.1 Å². The van der Waals surface area contributed by atoms with E-state index in [1.807, 2.05) is 0 Å². The Morgan fingerprint density at radius 3 is 2.07 bits per heavy atom. The van der Waals surface area contributed by atoms with Crippen LogP contribution in [-0.2, 0) is 10.0 Å². The molecule has 0 bridgehead atoms. The van der Waals surface area contributed by atoms with E-state index in [4.69, 9.17) is 23.2 Å². The molecule has 1 aromatic rings. The molecule has 0 aliphatic rings. The van der Waals surface area contributed by atoms with Crippen LogP contribution in [0.2, 0.25) is 10.0 Å². The highest BCUT2D eigenvalue weighted by Crippen LogP contribution is 2.31. The maximum Gasteiger partial charge on any atom is 0.229 e. The maximum absolute atomic E-state index is 12.7. The average molecular weight is 258 g/mol. The van der Waals surface area contributed by atoms with Gasteiger partial charge in [-0.1, -0.05) is 23.2 Å². The molecule has 78 valence electrons. The topological polar surface area (TPSA) is 46.2 Å². The van der Waals surface area contributed by atoms with Crippen molar-refractivity contribution in [2.24, 2.45) is 0 Å². The molecule has 0 heterocycles. The van der Waals surface area contributed by atoms with Gasteiger partial charge in [0.1, 0.15) is 5.82 Å². The highest BCUT2D eigenvalue weighted by molar-refractivity contribution is 7.92. The van der Waals surface area contributed by atoms with E-state index < -0.39 is 15.8 Å². The van der Waals surface area contributed by atoms with Crippen LogP contribution >= 0.6 is 23.2 Å². The van der Waals surface area contributed by atoms with Gasteiger partial charge in [-0.05, 0) is 12.1 Å². The zero-order chi connectivity index (χ0) is 10.9. The monoisotopic (exact) mass is 257 g/mol. The number of sulfonamides is 1. The second-order valence-electron chi connectivity index (χ2n) is 2.62. The highest BCUT2D eigenvalue weighted by Gasteiger charge is 2.11. The Balaban J connectivity index is 3.22. The van der Waals surface area contributed by atoms with Crippen molar-refractivity contribution in [2.45, 2.75) is 0 Å². The van der Waals surface area contributed by atoms with Crippen LogP contribution < -0.4 is 4.72 Å². The van der Waals surface area contributed by atoms with Crippen LogP contribution in [0.15, 0.2) is 12.1 Å². The molecule has 0 fully saturated rings. The van der Waals surface area contributed by atoms with Crippen molar-refractivity contribution < 1.29 is 12.8 Å². The van der Waals surface area contributed by atoms with E-state index in [9.17, 15) is 12.8 Å². The van der Waals surface area contributed by atoms with E-state index in [0.717, 1.165) is 18.4 Å². The molecule has 0 radical (unpaired) electrons. The van der Waals surface area contributed by atoms with Crippen LogP contribution in [0, 0.1) is 5.82 Å². The summed E-state index contributed by atoms with van der Waals surface area (Å²) in [6.07, 6.45) is 0.947. The second-order valence-corrected chi connectivity index (χ2v) is 5.18. The molecular weight excluding hydrogens is 252 g/mol. The normalized spacial score (nSPS) is 11.4. The lowest BCUT2D eigenvalue weighted by molar-refractivity contribution is 0.606. The lowest BCUT2D eigenvalue weighted by Crippen LogP contribution is -2.10. The summed E-state index contributed by atoms with van der Waals surface area (Å²) in [4.78, 5) is 0. The Morgan fingerprint density at radius 1 is 1.29 bits per heavy atom. The molecule has 0 aromatic heterocycles. The minimum absolute atomic E-state index is 0.0165. The zero-order valence-corrected chi connectivity index (χ0v) is 9.34. The summed E-state index contributed by atoms with van der Waals surface area (Å²) >= 11 is 11.2. The van der Waals surface area contributed by atoms with Crippen LogP contribution in [0.5, 0.6) is 0 Å². The fourth-order valence-electron chi connectivity index (χ4n) is 0.825. The quantitative estimate of drug-likeness (QED) is 0.885. The molecule has 1 rings (SSSR count). The molecule has 0 atom stereocenters. The molecular formula is C7H6Cl2FNO2S. The molecule has 7 heteroatoms. The first-order valence-corrected chi connectivity index (χ1v) is 6.06. The largest absolute Gasteiger partial charge is 0.281 e. The minimum Gasteiger partial charge on any atom is -0.281 e. The zero-order valence-electron chi connectivity index (χ0n) is 7.01. The summed E-state index contributed by atoms with van der Waals surface area (Å²) in [5.41, 5.74) is -0.0165. The summed E-state index contributed by atoms with van der Waals surface area (Å²) in [6, 6.07) is 1.95. The predicted octanol–water partition coefficient (Wildman–Crippen LogP) is 2.50. The van der Waals surface area contributed by atoms with Gasteiger partial charge in [0.25, 0.3) is 0 Å². The minimum atomic E-state index is -3.48. The van der Waals surface area contributed by atoms with Gasteiger partial charge in [-0.25, -0.2) is 12.8 Å². The molecule has 0 saturated heterocycles. The lowest BCUT2D eigenvalue weighted by atomic mass is 10.3. The highest BCUT2D eigenvalue weighted by atomic mass is 35.5. The van der Waals surface area contributed by atoms with E-state index in [0.29, 0.717) is 0 Å². The third kappa shape index (κ3) is 3.01. The molecule has 1 aromatic carbocycles. The first-order chi connectivity index (χ1) is 6.29. The van der Waals surface area contributed by atoms with E-state index >= 15 is 0 Å². The molecule has 14 heavy (non-hydrogen) atoms. The third-order valence-corrected chi connectivity index (χ3v) is 2.47. The van der Waals surface area contributed by atoms with Gasteiger partial charge < -0.3 is 0 Å². The summed E-state index contributed by atoms with van der Waals surface area (Å²) in [7, 11) is -3.48. The van der Waals surface area contributed by atoms with Crippen molar-refractivity contribution >= 4 is 38.9 Å². The van der Waals surface area contributed by atoms with Gasteiger partial charge in [-0.2, -0.15) is 0 Å². The molecule has 0 saturated carbocycles. The summed E-state index contributed by atoms with van der Waals surface area (Å²) < 4.78 is 36.5. The second kappa shape index (κ2) is 3.92. The summed E-state index contributed by atoms with van der Waals surface area (Å²) in [6.45, 7) is 0. The predicted molar refractivity (Wildman–Crippen MR) is 54.9 cm³/mol. The number of halogens is 3. The fourth-order valence-corrected chi connectivity index (χ4v) is 2.08. The van der Waals surface area contributed by atoms with Gasteiger partial charge in [-0.3, -0.25) is 4.72 Å². The molecule has 0 aliphatic carbocycles. The molecule has 3 nitrogen and oxygen atoms in total. The molecule has 0 spiro atoms. The van der Waals surface area contributed by atoms with Crippen molar-refractivity contribution in [1.82, 2.24) is 0 Å². The summed E-state index contributed by atoms with van der Waals surface area (Å²) in [5.74, 6) is -0.626. The van der Waals surface area contributed by atoms with Crippen molar-refractivity contribution in [1.29, 1.82) is 0 Å². The maximum atomic E-state index is 12.7. The van der Waals surface area contributed by atoms with Crippen LogP contribution in [-0.4, -0.2) is 14.7 Å². The molecule has 0 amide bonds. The number of benzene rings is 1. The van der Waals surface area contributed by atoms with Crippen molar-refractivity contribution in [3.05, 3.63) is 28.0 Å². The van der Waals surface area contributed by atoms with E-state index in [-0.39, 0.29) is 15.7 Å². The van der Waals surface area contributed by atoms with Gasteiger partial charge in [-0.15, -0.1) is 0 Å². The SMILES string of the molecule is CS(=O)(=O)Nc1c(Cl)cc(F)cc1Cl. The Bertz CT molecular complexity index is 438. The van der Waals surface area contributed by atoms with Gasteiger partial charge in [0.2, 0.25) is 10.0 Å². The Labute approximate surface area is 90.9 Å².